The molecule has 0 saturated heterocycles. The third-order valence-electron chi connectivity index (χ3n) is 5.93. The van der Waals surface area contributed by atoms with Crippen LogP contribution >= 0.6 is 0 Å². The average molecular weight is 573 g/mol. The van der Waals surface area contributed by atoms with Crippen molar-refractivity contribution in [3.63, 3.8) is 0 Å². The molecule has 0 aliphatic carbocycles. The van der Waals surface area contributed by atoms with Crippen LogP contribution in [0, 0.1) is 5.82 Å². The van der Waals surface area contributed by atoms with Crippen molar-refractivity contribution in [3.05, 3.63) is 70.7 Å². The summed E-state index contributed by atoms with van der Waals surface area (Å²) >= 11 is 0. The Bertz CT molecular complexity index is 1480. The standard InChI is InChI=1S/C27H33FN6O7/c1-5-41-27(39)34-21-13-12-17(28)15-20(21)29-22(34)16-33-14-8-10-19(25(33)37)30-24(36)18(31-26(38)40-4)9-6-7-11-23(35)32(2)3/h7-8,10-15,18,26,31,38H,5-6,9,16H2,1-4H3,(H,30,36)/b11-7+/t18-,26?/m0/s1. The number of methoxy groups -OCH3 is 1. The van der Waals surface area contributed by atoms with Crippen molar-refractivity contribution in [1.82, 2.24) is 24.3 Å². The number of hydrogen-bond acceptors (Lipinski definition) is 9. The van der Waals surface area contributed by atoms with Crippen LogP contribution < -0.4 is 16.2 Å². The van der Waals surface area contributed by atoms with Gasteiger partial charge in [0, 0.05) is 33.5 Å². The lowest BCUT2D eigenvalue weighted by Gasteiger charge is -2.20. The number of rotatable bonds is 12. The summed E-state index contributed by atoms with van der Waals surface area (Å²) < 4.78 is 26.1. The molecule has 0 radical (unpaired) electrons. The third-order valence-corrected chi connectivity index (χ3v) is 5.93. The van der Waals surface area contributed by atoms with Crippen molar-refractivity contribution >= 4 is 34.6 Å². The summed E-state index contributed by atoms with van der Waals surface area (Å²) in [6.07, 6.45) is 2.71. The van der Waals surface area contributed by atoms with E-state index in [2.05, 4.69) is 15.6 Å². The van der Waals surface area contributed by atoms with Crippen LogP contribution in [0.2, 0.25) is 0 Å². The average Bonchev–Trinajstić information content (AvgIpc) is 3.29. The van der Waals surface area contributed by atoms with Crippen molar-refractivity contribution in [2.75, 3.05) is 33.1 Å². The van der Waals surface area contributed by atoms with Crippen molar-refractivity contribution < 1.29 is 33.4 Å². The molecule has 2 heterocycles. The zero-order chi connectivity index (χ0) is 30.1. The number of nitrogens with zero attached hydrogens (tertiary/aromatic N) is 4. The van der Waals surface area contributed by atoms with Gasteiger partial charge >= 0.3 is 6.09 Å². The Kier molecular flexibility index (Phi) is 10.9. The largest absolute Gasteiger partial charge is 0.449 e. The van der Waals surface area contributed by atoms with Gasteiger partial charge in [-0.1, -0.05) is 6.08 Å². The molecule has 14 heteroatoms. The van der Waals surface area contributed by atoms with E-state index in [0.717, 1.165) is 4.57 Å². The summed E-state index contributed by atoms with van der Waals surface area (Å²) in [6.45, 7) is 1.54. The van der Waals surface area contributed by atoms with Crippen LogP contribution in [0.5, 0.6) is 0 Å². The number of amides is 2. The number of allylic oxidation sites excluding steroid dienone is 1. The Morgan fingerprint density at radius 1 is 1.24 bits per heavy atom. The quantitative estimate of drug-likeness (QED) is 0.217. The molecule has 13 nitrogen and oxygen atoms in total. The van der Waals surface area contributed by atoms with Gasteiger partial charge in [0.1, 0.15) is 17.3 Å². The maximum Gasteiger partial charge on any atom is 0.420 e. The summed E-state index contributed by atoms with van der Waals surface area (Å²) in [4.78, 5) is 56.5. The Morgan fingerprint density at radius 2 is 2.00 bits per heavy atom. The summed E-state index contributed by atoms with van der Waals surface area (Å²) in [7, 11) is 4.47. The maximum atomic E-state index is 13.8. The van der Waals surface area contributed by atoms with Crippen LogP contribution in [0.3, 0.4) is 0 Å². The lowest BCUT2D eigenvalue weighted by atomic mass is 10.1. The predicted octanol–water partition coefficient (Wildman–Crippen LogP) is 1.63. The van der Waals surface area contributed by atoms with Gasteiger partial charge < -0.3 is 29.4 Å². The normalized spacial score (nSPS) is 12.8. The van der Waals surface area contributed by atoms with Crippen LogP contribution in [-0.2, 0) is 25.6 Å². The molecule has 0 saturated carbocycles. The summed E-state index contributed by atoms with van der Waals surface area (Å²) in [5.41, 5.74) is -0.154. The van der Waals surface area contributed by atoms with Crippen molar-refractivity contribution in [1.29, 1.82) is 0 Å². The topological polar surface area (TPSA) is 157 Å². The molecule has 3 aromatic rings. The highest BCUT2D eigenvalue weighted by Gasteiger charge is 2.23. The van der Waals surface area contributed by atoms with Crippen molar-refractivity contribution in [2.45, 2.75) is 38.8 Å². The number of nitrogens with one attached hydrogen (secondary N) is 2. The number of anilines is 1. The van der Waals surface area contributed by atoms with Gasteiger partial charge in [-0.25, -0.2) is 18.7 Å². The van der Waals surface area contributed by atoms with E-state index in [9.17, 15) is 28.7 Å². The van der Waals surface area contributed by atoms with Crippen molar-refractivity contribution in [3.8, 4) is 0 Å². The van der Waals surface area contributed by atoms with E-state index >= 15 is 0 Å². The fraction of sp³-hybridized carbons (Fsp3) is 0.370. The molecule has 1 unspecified atom stereocenters. The minimum Gasteiger partial charge on any atom is -0.449 e. The highest BCUT2D eigenvalue weighted by atomic mass is 19.1. The van der Waals surface area contributed by atoms with Gasteiger partial charge in [0.05, 0.1) is 30.2 Å². The molecule has 1 aromatic carbocycles. The number of halogens is 1. The first kappa shape index (κ1) is 31.1. The van der Waals surface area contributed by atoms with Gasteiger partial charge in [0.25, 0.3) is 5.56 Å². The number of ether oxygens (including phenoxy) is 2. The van der Waals surface area contributed by atoms with Gasteiger partial charge in [-0.2, -0.15) is 0 Å². The van der Waals surface area contributed by atoms with E-state index < -0.39 is 35.8 Å². The summed E-state index contributed by atoms with van der Waals surface area (Å²) in [5, 5.41) is 15.0. The van der Waals surface area contributed by atoms with E-state index in [4.69, 9.17) is 9.47 Å². The number of aliphatic hydroxyl groups is 1. The molecular formula is C27H33FN6O7. The summed E-state index contributed by atoms with van der Waals surface area (Å²) in [5.74, 6) is -1.27. The highest BCUT2D eigenvalue weighted by Crippen LogP contribution is 2.19. The van der Waals surface area contributed by atoms with Crippen LogP contribution in [0.15, 0.2) is 53.5 Å². The Labute approximate surface area is 235 Å². The third kappa shape index (κ3) is 8.06. The first-order valence-electron chi connectivity index (χ1n) is 12.7. The van der Waals surface area contributed by atoms with E-state index in [1.165, 1.54) is 59.2 Å². The number of likely N-dealkylation sites (N-methyl/N-ethyl adjacent to an activating group) is 1. The molecule has 2 amide bonds. The smallest absolute Gasteiger partial charge is 0.420 e. The molecule has 3 rings (SSSR count). The second-order valence-electron chi connectivity index (χ2n) is 9.06. The Balaban J connectivity index is 1.84. The molecule has 0 aliphatic heterocycles. The molecule has 0 bridgehead atoms. The summed E-state index contributed by atoms with van der Waals surface area (Å²) in [6, 6.07) is 5.69. The number of hydrogen-bond donors (Lipinski definition) is 3. The van der Waals surface area contributed by atoms with Gasteiger partial charge in [0.15, 0.2) is 0 Å². The second kappa shape index (κ2) is 14.3. The number of aliphatic hydroxyl groups excluding tert-OH is 1. The lowest BCUT2D eigenvalue weighted by molar-refractivity contribution is -0.129. The zero-order valence-corrected chi connectivity index (χ0v) is 23.2. The van der Waals surface area contributed by atoms with Gasteiger partial charge in [-0.15, -0.1) is 0 Å². The van der Waals surface area contributed by atoms with Gasteiger partial charge in [-0.05, 0) is 50.1 Å². The fourth-order valence-electron chi connectivity index (χ4n) is 3.86. The number of fused-ring (bicyclic) bond motifs is 1. The van der Waals surface area contributed by atoms with Crippen LogP contribution in [0.25, 0.3) is 11.0 Å². The molecule has 0 aliphatic rings. The molecule has 41 heavy (non-hydrogen) atoms. The minimum atomic E-state index is -1.45. The Hall–Kier alpha value is -4.40. The zero-order valence-electron chi connectivity index (χ0n) is 23.2. The number of benzene rings is 1. The molecule has 3 N–H and O–H groups in total. The van der Waals surface area contributed by atoms with Gasteiger partial charge in [0.2, 0.25) is 18.2 Å². The van der Waals surface area contributed by atoms with Crippen LogP contribution in [0.4, 0.5) is 14.9 Å². The minimum absolute atomic E-state index is 0.0700. The molecule has 0 fully saturated rings. The first-order valence-corrected chi connectivity index (χ1v) is 12.7. The molecule has 0 spiro atoms. The fourth-order valence-corrected chi connectivity index (χ4v) is 3.86. The predicted molar refractivity (Wildman–Crippen MR) is 148 cm³/mol. The number of imidazole rings is 1. The second-order valence-corrected chi connectivity index (χ2v) is 9.06. The van der Waals surface area contributed by atoms with E-state index in [1.807, 2.05) is 0 Å². The van der Waals surface area contributed by atoms with E-state index in [1.54, 1.807) is 27.1 Å². The number of pyridine rings is 1. The van der Waals surface area contributed by atoms with Gasteiger partial charge in [-0.3, -0.25) is 19.7 Å². The van der Waals surface area contributed by atoms with Crippen molar-refractivity contribution in [2.24, 2.45) is 0 Å². The molecular weight excluding hydrogens is 539 g/mol. The van der Waals surface area contributed by atoms with Crippen LogP contribution in [0.1, 0.15) is 25.6 Å². The monoisotopic (exact) mass is 572 g/mol. The molecule has 220 valence electrons. The number of carbonyl (C=O) groups is 3. The maximum absolute atomic E-state index is 13.8. The first-order chi connectivity index (χ1) is 19.5. The van der Waals surface area contributed by atoms with E-state index in [-0.39, 0.29) is 42.5 Å². The SMILES string of the molecule is CCOC(=O)n1c(Cn2cccc(NC(=O)[C@H](CC/C=C/C(=O)N(C)C)NC(O)OC)c2=O)nc2cc(F)ccc21. The number of aromatic nitrogens is 3. The molecule has 2 aromatic heterocycles. The lowest BCUT2D eigenvalue weighted by Crippen LogP contribution is -2.47. The molecule has 2 atom stereocenters. The highest BCUT2D eigenvalue weighted by molar-refractivity contribution is 5.94. The van der Waals surface area contributed by atoms with Crippen LogP contribution in [-0.4, -0.2) is 82.3 Å². The van der Waals surface area contributed by atoms with E-state index in [0.29, 0.717) is 11.9 Å². The Morgan fingerprint density at radius 3 is 2.68 bits per heavy atom. The number of carbonyl (C=O) groups excluding carboxylic acids is 3.